The molecule has 1 fully saturated rings. The van der Waals surface area contributed by atoms with Crippen LogP contribution in [0.15, 0.2) is 0 Å². The smallest absolute Gasteiger partial charge is 0.0689 e. The Morgan fingerprint density at radius 3 is 2.20 bits per heavy atom. The third kappa shape index (κ3) is 4.09. The van der Waals surface area contributed by atoms with Crippen LogP contribution >= 0.6 is 0 Å². The Kier molecular flexibility index (Phi) is 5.03. The number of nitrogens with zero attached hydrogens (tertiary/aromatic N) is 2. The number of likely N-dealkylation sites (tertiary alicyclic amines) is 1. The lowest BCUT2D eigenvalue weighted by molar-refractivity contribution is 0.0550. The van der Waals surface area contributed by atoms with E-state index in [2.05, 4.69) is 37.7 Å². The van der Waals surface area contributed by atoms with Gasteiger partial charge in [-0.3, -0.25) is 0 Å². The molecule has 0 aromatic carbocycles. The number of piperidine rings is 1. The third-order valence-electron chi connectivity index (χ3n) is 3.50. The van der Waals surface area contributed by atoms with E-state index in [1.807, 2.05) is 0 Å². The largest absolute Gasteiger partial charge is 0.392 e. The van der Waals surface area contributed by atoms with Crippen LogP contribution in [0.3, 0.4) is 0 Å². The van der Waals surface area contributed by atoms with Crippen molar-refractivity contribution in [2.45, 2.75) is 38.8 Å². The summed E-state index contributed by atoms with van der Waals surface area (Å²) in [5, 5.41) is 9.80. The zero-order valence-electron chi connectivity index (χ0n) is 10.6. The van der Waals surface area contributed by atoms with Gasteiger partial charge in [-0.05, 0) is 45.9 Å². The number of hydrogen-bond donors (Lipinski definition) is 1. The summed E-state index contributed by atoms with van der Waals surface area (Å²) in [7, 11) is 4.31. The van der Waals surface area contributed by atoms with Crippen molar-refractivity contribution in [1.82, 2.24) is 9.80 Å². The van der Waals surface area contributed by atoms with Gasteiger partial charge in [0.05, 0.1) is 6.10 Å². The minimum atomic E-state index is -0.166. The van der Waals surface area contributed by atoms with Gasteiger partial charge in [0.25, 0.3) is 0 Å². The molecule has 3 nitrogen and oxygen atoms in total. The maximum absolute atomic E-state index is 9.80. The summed E-state index contributed by atoms with van der Waals surface area (Å²) in [5.74, 6) is 0.372. The third-order valence-corrected chi connectivity index (χ3v) is 3.50. The van der Waals surface area contributed by atoms with Gasteiger partial charge in [0.15, 0.2) is 0 Å². The van der Waals surface area contributed by atoms with Crippen molar-refractivity contribution in [1.29, 1.82) is 0 Å². The summed E-state index contributed by atoms with van der Waals surface area (Å²) >= 11 is 0. The fourth-order valence-electron chi connectivity index (χ4n) is 2.09. The second kappa shape index (κ2) is 5.83. The zero-order chi connectivity index (χ0) is 11.4. The SMILES string of the molecule is CC(C)C(O)CN1CCC(N(C)C)CC1. The van der Waals surface area contributed by atoms with Gasteiger partial charge in [-0.25, -0.2) is 0 Å². The Morgan fingerprint density at radius 1 is 1.27 bits per heavy atom. The highest BCUT2D eigenvalue weighted by Crippen LogP contribution is 2.15. The van der Waals surface area contributed by atoms with E-state index in [0.717, 1.165) is 25.7 Å². The van der Waals surface area contributed by atoms with Crippen LogP contribution in [0, 0.1) is 5.92 Å². The molecule has 0 aromatic heterocycles. The molecule has 1 N–H and O–H groups in total. The highest BCUT2D eigenvalue weighted by Gasteiger charge is 2.22. The number of β-amino-alcohol motifs (C(OH)–C–C–N with tert-alkyl or cyclic N) is 1. The first-order valence-corrected chi connectivity index (χ1v) is 6.07. The Morgan fingerprint density at radius 2 is 1.80 bits per heavy atom. The maximum Gasteiger partial charge on any atom is 0.0689 e. The minimum absolute atomic E-state index is 0.166. The van der Waals surface area contributed by atoms with Crippen molar-refractivity contribution < 1.29 is 5.11 Å². The van der Waals surface area contributed by atoms with Crippen molar-refractivity contribution in [2.24, 2.45) is 5.92 Å². The molecule has 0 aromatic rings. The van der Waals surface area contributed by atoms with Crippen molar-refractivity contribution in [3.05, 3.63) is 0 Å². The summed E-state index contributed by atoms with van der Waals surface area (Å²) in [6.45, 7) is 7.27. The molecule has 1 aliphatic heterocycles. The molecule has 0 bridgehead atoms. The van der Waals surface area contributed by atoms with E-state index < -0.39 is 0 Å². The Balaban J connectivity index is 2.25. The summed E-state index contributed by atoms with van der Waals surface area (Å²) in [4.78, 5) is 4.71. The number of aliphatic hydroxyl groups excluding tert-OH is 1. The molecule has 1 heterocycles. The first kappa shape index (κ1) is 12.9. The van der Waals surface area contributed by atoms with Crippen LogP contribution < -0.4 is 0 Å². The van der Waals surface area contributed by atoms with E-state index in [-0.39, 0.29) is 6.10 Å². The van der Waals surface area contributed by atoms with Crippen LogP contribution in [0.4, 0.5) is 0 Å². The lowest BCUT2D eigenvalue weighted by atomic mass is 10.0. The van der Waals surface area contributed by atoms with E-state index in [4.69, 9.17) is 0 Å². The van der Waals surface area contributed by atoms with Gasteiger partial charge in [0.1, 0.15) is 0 Å². The van der Waals surface area contributed by atoms with Crippen molar-refractivity contribution >= 4 is 0 Å². The molecule has 0 saturated carbocycles. The molecule has 15 heavy (non-hydrogen) atoms. The van der Waals surface area contributed by atoms with Gasteiger partial charge in [0, 0.05) is 12.6 Å². The second-order valence-corrected chi connectivity index (χ2v) is 5.31. The second-order valence-electron chi connectivity index (χ2n) is 5.31. The lowest BCUT2D eigenvalue weighted by Crippen LogP contribution is -2.45. The van der Waals surface area contributed by atoms with Gasteiger partial charge in [-0.2, -0.15) is 0 Å². The van der Waals surface area contributed by atoms with Crippen molar-refractivity contribution in [2.75, 3.05) is 33.7 Å². The quantitative estimate of drug-likeness (QED) is 0.757. The predicted octanol–water partition coefficient (Wildman–Crippen LogP) is 1.03. The first-order chi connectivity index (χ1) is 7.00. The van der Waals surface area contributed by atoms with E-state index in [1.54, 1.807) is 0 Å². The summed E-state index contributed by atoms with van der Waals surface area (Å²) in [6, 6.07) is 0.734. The van der Waals surface area contributed by atoms with Crippen molar-refractivity contribution in [3.8, 4) is 0 Å². The molecule has 1 rings (SSSR count). The Bertz CT molecular complexity index is 174. The normalized spacial score (nSPS) is 22.6. The first-order valence-electron chi connectivity index (χ1n) is 6.07. The highest BCUT2D eigenvalue weighted by atomic mass is 16.3. The summed E-state index contributed by atoms with van der Waals surface area (Å²) < 4.78 is 0. The van der Waals surface area contributed by atoms with Crippen LogP contribution in [-0.4, -0.2) is 60.8 Å². The molecular weight excluding hydrogens is 188 g/mol. The monoisotopic (exact) mass is 214 g/mol. The predicted molar refractivity (Wildman–Crippen MR) is 64.0 cm³/mol. The van der Waals surface area contributed by atoms with Gasteiger partial charge in [0.2, 0.25) is 0 Å². The molecule has 0 spiro atoms. The average Bonchev–Trinajstić information content (AvgIpc) is 2.18. The molecule has 90 valence electrons. The van der Waals surface area contributed by atoms with E-state index in [9.17, 15) is 5.11 Å². The van der Waals surface area contributed by atoms with Crippen LogP contribution in [0.25, 0.3) is 0 Å². The number of aliphatic hydroxyl groups is 1. The molecule has 1 aliphatic rings. The zero-order valence-corrected chi connectivity index (χ0v) is 10.6. The van der Waals surface area contributed by atoms with Crippen LogP contribution in [-0.2, 0) is 0 Å². The van der Waals surface area contributed by atoms with Gasteiger partial charge < -0.3 is 14.9 Å². The molecule has 3 heteroatoms. The van der Waals surface area contributed by atoms with Gasteiger partial charge in [-0.1, -0.05) is 13.8 Å². The van der Waals surface area contributed by atoms with Crippen LogP contribution in [0.5, 0.6) is 0 Å². The standard InChI is InChI=1S/C12H26N2O/c1-10(2)12(15)9-14-7-5-11(6-8-14)13(3)4/h10-12,15H,5-9H2,1-4H3. The molecular formula is C12H26N2O. The summed E-state index contributed by atoms with van der Waals surface area (Å²) in [6.07, 6.45) is 2.30. The number of rotatable bonds is 4. The number of hydrogen-bond acceptors (Lipinski definition) is 3. The fraction of sp³-hybridized carbons (Fsp3) is 1.00. The Labute approximate surface area is 94.1 Å². The minimum Gasteiger partial charge on any atom is -0.392 e. The fourth-order valence-corrected chi connectivity index (χ4v) is 2.09. The Hall–Kier alpha value is -0.120. The molecule has 1 unspecified atom stereocenters. The van der Waals surface area contributed by atoms with Crippen LogP contribution in [0.1, 0.15) is 26.7 Å². The van der Waals surface area contributed by atoms with Gasteiger partial charge >= 0.3 is 0 Å². The molecule has 1 saturated heterocycles. The van der Waals surface area contributed by atoms with Gasteiger partial charge in [-0.15, -0.1) is 0 Å². The topological polar surface area (TPSA) is 26.7 Å². The summed E-state index contributed by atoms with van der Waals surface area (Å²) in [5.41, 5.74) is 0. The molecule has 0 amide bonds. The van der Waals surface area contributed by atoms with E-state index in [0.29, 0.717) is 5.92 Å². The highest BCUT2D eigenvalue weighted by molar-refractivity contribution is 4.78. The average molecular weight is 214 g/mol. The maximum atomic E-state index is 9.80. The van der Waals surface area contributed by atoms with E-state index in [1.165, 1.54) is 12.8 Å². The molecule has 0 aliphatic carbocycles. The molecule has 0 radical (unpaired) electrons. The van der Waals surface area contributed by atoms with Crippen LogP contribution in [0.2, 0.25) is 0 Å². The lowest BCUT2D eigenvalue weighted by Gasteiger charge is -2.36. The van der Waals surface area contributed by atoms with E-state index >= 15 is 0 Å². The van der Waals surface area contributed by atoms with Crippen molar-refractivity contribution in [3.63, 3.8) is 0 Å². The molecule has 1 atom stereocenters.